The fraction of sp³-hybridized carbons (Fsp3) is 0.100. The van der Waals surface area contributed by atoms with Crippen LogP contribution in [0.4, 0.5) is 0 Å². The minimum atomic E-state index is -1.93. The molecule has 4 rings (SSSR count). The van der Waals surface area contributed by atoms with Crippen molar-refractivity contribution in [3.05, 3.63) is 129 Å². The highest BCUT2D eigenvalue weighted by Gasteiger charge is 2.39. The standard InChI is InChI=1S/C30H24BrN3O4/c1-37-27-17-21(16-26(31)28(27)38-20-23-11-9-8-10-22(23)18-32)19-33-34-29(35)30(36,24-12-4-2-5-13-24)25-14-6-3-7-15-25/h2-17,19,36H,20H2,1H3,(H,34,35). The topological polar surface area (TPSA) is 104 Å². The Morgan fingerprint density at radius 3 is 2.24 bits per heavy atom. The molecule has 0 aromatic heterocycles. The number of carbonyl (C=O) groups excluding carboxylic acids is 1. The van der Waals surface area contributed by atoms with Gasteiger partial charge in [-0.2, -0.15) is 10.4 Å². The third-order valence-corrected chi connectivity index (χ3v) is 6.44. The summed E-state index contributed by atoms with van der Waals surface area (Å²) in [6.45, 7) is 0.180. The summed E-state index contributed by atoms with van der Waals surface area (Å²) in [6, 6.07) is 30.2. The van der Waals surface area contributed by atoms with Crippen molar-refractivity contribution in [1.29, 1.82) is 5.26 Å². The second-order valence-electron chi connectivity index (χ2n) is 8.23. The smallest absolute Gasteiger partial charge is 0.281 e. The number of hydrogen-bond acceptors (Lipinski definition) is 6. The predicted octanol–water partition coefficient (Wildman–Crippen LogP) is 5.29. The van der Waals surface area contributed by atoms with Crippen LogP contribution in [0.25, 0.3) is 0 Å². The molecule has 0 saturated carbocycles. The van der Waals surface area contributed by atoms with Crippen LogP contribution in [0, 0.1) is 11.3 Å². The monoisotopic (exact) mass is 569 g/mol. The summed E-state index contributed by atoms with van der Waals surface area (Å²) in [5, 5.41) is 24.9. The lowest BCUT2D eigenvalue weighted by atomic mass is 9.85. The predicted molar refractivity (Wildman–Crippen MR) is 148 cm³/mol. The molecule has 0 spiro atoms. The SMILES string of the molecule is COc1cc(C=NNC(=O)C(O)(c2ccccc2)c2ccccc2)cc(Br)c1OCc1ccccc1C#N. The minimum Gasteiger partial charge on any atom is -0.493 e. The van der Waals surface area contributed by atoms with Crippen LogP contribution < -0.4 is 14.9 Å². The van der Waals surface area contributed by atoms with Crippen molar-refractivity contribution in [2.24, 2.45) is 5.10 Å². The van der Waals surface area contributed by atoms with E-state index in [0.717, 1.165) is 5.56 Å². The molecule has 0 bridgehead atoms. The molecule has 8 heteroatoms. The van der Waals surface area contributed by atoms with Crippen LogP contribution in [0.1, 0.15) is 27.8 Å². The van der Waals surface area contributed by atoms with E-state index in [9.17, 15) is 15.2 Å². The van der Waals surface area contributed by atoms with E-state index < -0.39 is 11.5 Å². The molecule has 1 amide bonds. The minimum absolute atomic E-state index is 0.180. The fourth-order valence-electron chi connectivity index (χ4n) is 3.89. The van der Waals surface area contributed by atoms with E-state index in [1.54, 1.807) is 72.8 Å². The molecule has 7 nitrogen and oxygen atoms in total. The van der Waals surface area contributed by atoms with E-state index >= 15 is 0 Å². The summed E-state index contributed by atoms with van der Waals surface area (Å²) >= 11 is 3.50. The number of hydrogen-bond donors (Lipinski definition) is 2. The molecule has 4 aromatic rings. The van der Waals surface area contributed by atoms with Gasteiger partial charge in [0.05, 0.1) is 29.4 Å². The van der Waals surface area contributed by atoms with E-state index in [2.05, 4.69) is 32.5 Å². The fourth-order valence-corrected chi connectivity index (χ4v) is 4.47. The van der Waals surface area contributed by atoms with Crippen LogP contribution in [-0.2, 0) is 17.0 Å². The summed E-state index contributed by atoms with van der Waals surface area (Å²) in [7, 11) is 1.51. The van der Waals surface area contributed by atoms with Gasteiger partial charge in [-0.1, -0.05) is 78.9 Å². The Bertz CT molecular complexity index is 1450. The number of hydrazone groups is 1. The number of ether oxygens (including phenoxy) is 2. The summed E-state index contributed by atoms with van der Waals surface area (Å²) < 4.78 is 12.1. The van der Waals surface area contributed by atoms with Crippen LogP contribution >= 0.6 is 15.9 Å². The Morgan fingerprint density at radius 1 is 1.03 bits per heavy atom. The normalized spacial score (nSPS) is 11.1. The van der Waals surface area contributed by atoms with Gasteiger partial charge in [0, 0.05) is 5.56 Å². The highest BCUT2D eigenvalue weighted by atomic mass is 79.9. The number of methoxy groups -OCH3 is 1. The van der Waals surface area contributed by atoms with Gasteiger partial charge in [-0.15, -0.1) is 0 Å². The van der Waals surface area contributed by atoms with Crippen molar-refractivity contribution in [1.82, 2.24) is 5.43 Å². The highest BCUT2D eigenvalue weighted by molar-refractivity contribution is 9.10. The number of halogens is 1. The molecule has 190 valence electrons. The first kappa shape index (κ1) is 26.6. The molecule has 4 aromatic carbocycles. The molecule has 2 N–H and O–H groups in total. The highest BCUT2D eigenvalue weighted by Crippen LogP contribution is 2.37. The third kappa shape index (κ3) is 5.75. The lowest BCUT2D eigenvalue weighted by Gasteiger charge is -2.27. The number of nitriles is 1. The van der Waals surface area contributed by atoms with E-state index in [0.29, 0.717) is 38.2 Å². The van der Waals surface area contributed by atoms with Gasteiger partial charge in [0.1, 0.15) is 6.61 Å². The Hall–Kier alpha value is -4.45. The lowest BCUT2D eigenvalue weighted by Crippen LogP contribution is -2.43. The zero-order valence-electron chi connectivity index (χ0n) is 20.5. The van der Waals surface area contributed by atoms with Crippen molar-refractivity contribution >= 4 is 28.1 Å². The van der Waals surface area contributed by atoms with Crippen LogP contribution in [0.15, 0.2) is 107 Å². The molecule has 38 heavy (non-hydrogen) atoms. The maximum Gasteiger partial charge on any atom is 0.281 e. The number of nitrogens with zero attached hydrogens (tertiary/aromatic N) is 2. The summed E-state index contributed by atoms with van der Waals surface area (Å²) in [6.07, 6.45) is 1.44. The van der Waals surface area contributed by atoms with Crippen molar-refractivity contribution in [2.45, 2.75) is 12.2 Å². The zero-order chi connectivity index (χ0) is 27.0. The molecular formula is C30H24BrN3O4. The average molecular weight is 570 g/mol. The van der Waals surface area contributed by atoms with Crippen molar-refractivity contribution in [3.63, 3.8) is 0 Å². The Morgan fingerprint density at radius 2 is 1.63 bits per heavy atom. The molecule has 0 aliphatic heterocycles. The third-order valence-electron chi connectivity index (χ3n) is 5.85. The molecule has 0 fully saturated rings. The molecule has 0 aliphatic rings. The first-order valence-corrected chi connectivity index (χ1v) is 12.4. The molecule has 0 atom stereocenters. The van der Waals surface area contributed by atoms with Gasteiger partial charge in [-0.25, -0.2) is 5.43 Å². The van der Waals surface area contributed by atoms with Crippen molar-refractivity contribution in [2.75, 3.05) is 7.11 Å². The Kier molecular flexibility index (Phi) is 8.54. The zero-order valence-corrected chi connectivity index (χ0v) is 22.1. The molecule has 0 heterocycles. The van der Waals surface area contributed by atoms with Gasteiger partial charge < -0.3 is 14.6 Å². The van der Waals surface area contributed by atoms with E-state index in [1.807, 2.05) is 24.3 Å². The molecule has 0 aliphatic carbocycles. The largest absolute Gasteiger partial charge is 0.493 e. The number of amides is 1. The Balaban J connectivity index is 1.53. The van der Waals surface area contributed by atoms with E-state index in [-0.39, 0.29) is 6.61 Å². The number of benzene rings is 4. The van der Waals surface area contributed by atoms with E-state index in [4.69, 9.17) is 9.47 Å². The Labute approximate surface area is 229 Å². The van der Waals surface area contributed by atoms with Gasteiger partial charge in [-0.05, 0) is 50.8 Å². The second kappa shape index (κ2) is 12.2. The lowest BCUT2D eigenvalue weighted by molar-refractivity contribution is -0.136. The van der Waals surface area contributed by atoms with Crippen molar-refractivity contribution in [3.8, 4) is 17.6 Å². The number of nitrogens with one attached hydrogen (secondary N) is 1. The first-order valence-electron chi connectivity index (χ1n) is 11.6. The molecule has 0 radical (unpaired) electrons. The van der Waals surface area contributed by atoms with E-state index in [1.165, 1.54) is 13.3 Å². The molecular weight excluding hydrogens is 546 g/mol. The van der Waals surface area contributed by atoms with Gasteiger partial charge in [0.2, 0.25) is 0 Å². The second-order valence-corrected chi connectivity index (χ2v) is 9.09. The van der Waals surface area contributed by atoms with Gasteiger partial charge in [0.25, 0.3) is 5.91 Å². The molecule has 0 saturated heterocycles. The van der Waals surface area contributed by atoms with Crippen LogP contribution in [0.5, 0.6) is 11.5 Å². The van der Waals surface area contributed by atoms with Crippen LogP contribution in [0.3, 0.4) is 0 Å². The number of aliphatic hydroxyl groups is 1. The van der Waals surface area contributed by atoms with Crippen molar-refractivity contribution < 1.29 is 19.4 Å². The van der Waals surface area contributed by atoms with Gasteiger partial charge in [-0.3, -0.25) is 4.79 Å². The maximum atomic E-state index is 13.2. The van der Waals surface area contributed by atoms with Gasteiger partial charge in [0.15, 0.2) is 17.1 Å². The number of carbonyl (C=O) groups is 1. The maximum absolute atomic E-state index is 13.2. The summed E-state index contributed by atoms with van der Waals surface area (Å²) in [4.78, 5) is 13.2. The quantitative estimate of drug-likeness (QED) is 0.210. The number of rotatable bonds is 9. The van der Waals surface area contributed by atoms with Gasteiger partial charge >= 0.3 is 0 Å². The average Bonchev–Trinajstić information content (AvgIpc) is 2.96. The molecule has 0 unspecified atom stereocenters. The summed E-state index contributed by atoms with van der Waals surface area (Å²) in [5.74, 6) is 0.198. The van der Waals surface area contributed by atoms with Crippen LogP contribution in [0.2, 0.25) is 0 Å². The summed E-state index contributed by atoms with van der Waals surface area (Å²) in [5.41, 5.74) is 3.27. The first-order chi connectivity index (χ1) is 18.5. The van der Waals surface area contributed by atoms with Crippen LogP contribution in [-0.4, -0.2) is 24.3 Å².